The third-order valence-corrected chi connectivity index (χ3v) is 2.46. The first-order valence-corrected chi connectivity index (χ1v) is 4.23. The van der Waals surface area contributed by atoms with Crippen molar-refractivity contribution in [3.63, 3.8) is 0 Å². The smallest absolute Gasteiger partial charge is 0.0350 e. The zero-order valence-electron chi connectivity index (χ0n) is 6.88. The van der Waals surface area contributed by atoms with Crippen molar-refractivity contribution < 1.29 is 5.21 Å². The molecule has 0 amide bonds. The number of hydroxylamine groups is 2. The van der Waals surface area contributed by atoms with E-state index in [1.807, 2.05) is 0 Å². The molecule has 0 spiro atoms. The predicted octanol–water partition coefficient (Wildman–Crippen LogP) is 2.03. The van der Waals surface area contributed by atoms with Crippen LogP contribution in [-0.4, -0.2) is 22.4 Å². The van der Waals surface area contributed by atoms with Gasteiger partial charge in [-0.1, -0.05) is 13.3 Å². The van der Waals surface area contributed by atoms with Crippen molar-refractivity contribution in [2.75, 3.05) is 0 Å². The van der Waals surface area contributed by atoms with Crippen molar-refractivity contribution >= 4 is 0 Å². The lowest BCUT2D eigenvalue weighted by molar-refractivity contribution is -0.172. The second kappa shape index (κ2) is 3.35. The van der Waals surface area contributed by atoms with Crippen LogP contribution in [0.25, 0.3) is 0 Å². The fourth-order valence-corrected chi connectivity index (χ4v) is 1.66. The van der Waals surface area contributed by atoms with E-state index in [0.717, 1.165) is 19.3 Å². The van der Waals surface area contributed by atoms with Gasteiger partial charge in [0.15, 0.2) is 0 Å². The van der Waals surface area contributed by atoms with Gasteiger partial charge in [0, 0.05) is 12.1 Å². The summed E-state index contributed by atoms with van der Waals surface area (Å²) in [5.74, 6) is 0. The van der Waals surface area contributed by atoms with Crippen molar-refractivity contribution in [3.8, 4) is 0 Å². The normalized spacial score (nSPS) is 36.3. The van der Waals surface area contributed by atoms with Crippen molar-refractivity contribution in [2.24, 2.45) is 0 Å². The number of nitrogens with zero attached hydrogens (tertiary/aromatic N) is 1. The molecule has 1 rings (SSSR count). The molecular formula is C8H17NO. The Balaban J connectivity index is 2.42. The molecule has 0 aromatic heterocycles. The van der Waals surface area contributed by atoms with Crippen LogP contribution in [0.15, 0.2) is 0 Å². The lowest BCUT2D eigenvalue weighted by Crippen LogP contribution is -2.42. The van der Waals surface area contributed by atoms with Gasteiger partial charge in [-0.15, -0.1) is 0 Å². The molecule has 0 aliphatic carbocycles. The molecule has 1 heterocycles. The quantitative estimate of drug-likeness (QED) is 0.607. The van der Waals surface area contributed by atoms with E-state index in [1.165, 1.54) is 11.5 Å². The number of hydrogen-bond donors (Lipinski definition) is 1. The van der Waals surface area contributed by atoms with Crippen molar-refractivity contribution in [1.82, 2.24) is 5.06 Å². The van der Waals surface area contributed by atoms with Crippen molar-refractivity contribution in [2.45, 2.75) is 51.6 Å². The summed E-state index contributed by atoms with van der Waals surface area (Å²) >= 11 is 0. The van der Waals surface area contributed by atoms with E-state index in [-0.39, 0.29) is 0 Å². The van der Waals surface area contributed by atoms with Gasteiger partial charge >= 0.3 is 0 Å². The van der Waals surface area contributed by atoms with Gasteiger partial charge in [0.25, 0.3) is 0 Å². The van der Waals surface area contributed by atoms with Crippen molar-refractivity contribution in [3.05, 3.63) is 0 Å². The van der Waals surface area contributed by atoms with Gasteiger partial charge in [-0.25, -0.2) is 0 Å². The topological polar surface area (TPSA) is 23.5 Å². The Kier molecular flexibility index (Phi) is 2.69. The van der Waals surface area contributed by atoms with Crippen LogP contribution >= 0.6 is 0 Å². The van der Waals surface area contributed by atoms with Gasteiger partial charge < -0.3 is 5.21 Å². The predicted molar refractivity (Wildman–Crippen MR) is 41.0 cm³/mol. The standard InChI is InChI=1S/C8H17NO/c1-3-8-6-4-5-7(2)9(8)10/h7-8,10H,3-6H2,1-2H3. The second-order valence-electron chi connectivity index (χ2n) is 3.22. The molecule has 2 heteroatoms. The van der Waals surface area contributed by atoms with Gasteiger partial charge in [0.1, 0.15) is 0 Å². The van der Waals surface area contributed by atoms with Crippen LogP contribution < -0.4 is 0 Å². The molecule has 2 atom stereocenters. The lowest BCUT2D eigenvalue weighted by Gasteiger charge is -2.35. The Labute approximate surface area is 62.8 Å². The number of rotatable bonds is 1. The Morgan fingerprint density at radius 1 is 1.50 bits per heavy atom. The summed E-state index contributed by atoms with van der Waals surface area (Å²) < 4.78 is 0. The molecule has 1 N–H and O–H groups in total. The average Bonchev–Trinajstić information content (AvgIpc) is 1.95. The van der Waals surface area contributed by atoms with Crippen LogP contribution in [0.5, 0.6) is 0 Å². The largest absolute Gasteiger partial charge is 0.313 e. The maximum absolute atomic E-state index is 9.47. The molecule has 2 nitrogen and oxygen atoms in total. The second-order valence-corrected chi connectivity index (χ2v) is 3.22. The third-order valence-electron chi connectivity index (χ3n) is 2.46. The van der Waals surface area contributed by atoms with E-state index in [1.54, 1.807) is 0 Å². The van der Waals surface area contributed by atoms with Crippen LogP contribution in [0.2, 0.25) is 0 Å². The maximum Gasteiger partial charge on any atom is 0.0350 e. The molecule has 2 unspecified atom stereocenters. The minimum atomic E-state index is 0.374. The fraction of sp³-hybridized carbons (Fsp3) is 1.00. The van der Waals surface area contributed by atoms with Crippen LogP contribution in [0.4, 0.5) is 0 Å². The molecule has 1 saturated heterocycles. The van der Waals surface area contributed by atoms with E-state index >= 15 is 0 Å². The highest BCUT2D eigenvalue weighted by atomic mass is 16.5. The summed E-state index contributed by atoms with van der Waals surface area (Å²) in [5, 5.41) is 11.0. The minimum Gasteiger partial charge on any atom is -0.313 e. The summed E-state index contributed by atoms with van der Waals surface area (Å²) in [6.45, 7) is 4.22. The molecule has 1 fully saturated rings. The van der Waals surface area contributed by atoms with E-state index in [0.29, 0.717) is 12.1 Å². The van der Waals surface area contributed by atoms with Gasteiger partial charge in [-0.05, 0) is 26.2 Å². The number of piperidine rings is 1. The Bertz CT molecular complexity index is 105. The Hall–Kier alpha value is -0.0800. The monoisotopic (exact) mass is 143 g/mol. The highest BCUT2D eigenvalue weighted by Gasteiger charge is 2.24. The fourth-order valence-electron chi connectivity index (χ4n) is 1.66. The molecule has 0 aromatic carbocycles. The summed E-state index contributed by atoms with van der Waals surface area (Å²) in [7, 11) is 0. The first-order chi connectivity index (χ1) is 4.75. The molecule has 1 aliphatic rings. The van der Waals surface area contributed by atoms with E-state index in [2.05, 4.69) is 13.8 Å². The average molecular weight is 143 g/mol. The molecule has 0 radical (unpaired) electrons. The number of hydrogen-bond acceptors (Lipinski definition) is 2. The lowest BCUT2D eigenvalue weighted by atomic mass is 9.97. The Morgan fingerprint density at radius 3 is 2.70 bits per heavy atom. The van der Waals surface area contributed by atoms with Crippen LogP contribution in [-0.2, 0) is 0 Å². The molecule has 0 aromatic rings. The molecule has 0 bridgehead atoms. The zero-order chi connectivity index (χ0) is 7.56. The Morgan fingerprint density at radius 2 is 2.20 bits per heavy atom. The van der Waals surface area contributed by atoms with Crippen LogP contribution in [0, 0.1) is 0 Å². The molecule has 1 aliphatic heterocycles. The molecular weight excluding hydrogens is 126 g/mol. The van der Waals surface area contributed by atoms with Crippen LogP contribution in [0.3, 0.4) is 0 Å². The van der Waals surface area contributed by atoms with Crippen LogP contribution in [0.1, 0.15) is 39.5 Å². The third kappa shape index (κ3) is 1.50. The summed E-state index contributed by atoms with van der Waals surface area (Å²) in [6, 6.07) is 0.794. The van der Waals surface area contributed by atoms with E-state index in [9.17, 15) is 5.21 Å². The SMILES string of the molecule is CCC1CCCC(C)N1O. The molecule has 10 heavy (non-hydrogen) atoms. The van der Waals surface area contributed by atoms with E-state index in [4.69, 9.17) is 0 Å². The van der Waals surface area contributed by atoms with Gasteiger partial charge in [-0.3, -0.25) is 0 Å². The summed E-state index contributed by atoms with van der Waals surface area (Å²) in [5.41, 5.74) is 0. The van der Waals surface area contributed by atoms with E-state index < -0.39 is 0 Å². The highest BCUT2D eigenvalue weighted by Crippen LogP contribution is 2.21. The first kappa shape index (κ1) is 8.02. The van der Waals surface area contributed by atoms with Gasteiger partial charge in [-0.2, -0.15) is 5.06 Å². The summed E-state index contributed by atoms with van der Waals surface area (Å²) in [4.78, 5) is 0. The molecule has 60 valence electrons. The zero-order valence-corrected chi connectivity index (χ0v) is 6.88. The summed E-state index contributed by atoms with van der Waals surface area (Å²) in [6.07, 6.45) is 4.65. The minimum absolute atomic E-state index is 0.374. The molecule has 0 saturated carbocycles. The van der Waals surface area contributed by atoms with Crippen molar-refractivity contribution in [1.29, 1.82) is 0 Å². The van der Waals surface area contributed by atoms with Gasteiger partial charge in [0.05, 0.1) is 0 Å². The first-order valence-electron chi connectivity index (χ1n) is 4.23. The highest BCUT2D eigenvalue weighted by molar-refractivity contribution is 4.74. The van der Waals surface area contributed by atoms with Gasteiger partial charge in [0.2, 0.25) is 0 Å². The maximum atomic E-state index is 9.47.